The monoisotopic (exact) mass is 1060 g/mol. The Morgan fingerprint density at radius 1 is 0.443 bits per heavy atom. The zero-order valence-corrected chi connectivity index (χ0v) is 46.0. The van der Waals surface area contributed by atoms with Crippen LogP contribution in [0.2, 0.25) is 20.1 Å². The van der Waals surface area contributed by atoms with Gasteiger partial charge in [0.25, 0.3) is 6.43 Å². The number of Topliss-reactive ketones (excluding diaryl/α,β-unsaturated/α-hetero) is 2. The van der Waals surface area contributed by atoms with Gasteiger partial charge < -0.3 is 0 Å². The lowest BCUT2D eigenvalue weighted by atomic mass is 9.82. The van der Waals surface area contributed by atoms with Gasteiger partial charge in [0.15, 0.2) is 11.6 Å². The van der Waals surface area contributed by atoms with E-state index in [-0.39, 0.29) is 56.6 Å². The van der Waals surface area contributed by atoms with Gasteiger partial charge in [-0.2, -0.15) is 0 Å². The number of alkyl halides is 2. The lowest BCUT2D eigenvalue weighted by Crippen LogP contribution is -2.18. The van der Waals surface area contributed by atoms with Crippen molar-refractivity contribution in [3.63, 3.8) is 0 Å². The highest BCUT2D eigenvalue weighted by molar-refractivity contribution is 6.31. The van der Waals surface area contributed by atoms with Crippen molar-refractivity contribution in [3.8, 4) is 0 Å². The third-order valence-corrected chi connectivity index (χ3v) is 11.2. The number of hydrogen-bond donors (Lipinski definition) is 0. The molecule has 0 aromatic heterocycles. The van der Waals surface area contributed by atoms with Gasteiger partial charge >= 0.3 is 0 Å². The van der Waals surface area contributed by atoms with Crippen LogP contribution in [0.4, 0.5) is 30.7 Å². The van der Waals surface area contributed by atoms with Crippen LogP contribution in [0.1, 0.15) is 191 Å². The van der Waals surface area contributed by atoms with Gasteiger partial charge in [-0.05, 0) is 131 Å². The van der Waals surface area contributed by atoms with Crippen molar-refractivity contribution in [1.82, 2.24) is 0 Å². The van der Waals surface area contributed by atoms with Crippen LogP contribution in [0.3, 0.4) is 0 Å². The zero-order chi connectivity index (χ0) is 54.1. The molecule has 0 spiro atoms. The molecule has 2 nitrogen and oxygen atoms in total. The average Bonchev–Trinajstić information content (AvgIpc) is 3.15. The normalized spacial score (nSPS) is 11.6. The molecular weight excluding hydrogens is 991 g/mol. The molecule has 0 amide bonds. The van der Waals surface area contributed by atoms with Gasteiger partial charge in [0.1, 0.15) is 29.1 Å². The second-order valence-corrected chi connectivity index (χ2v) is 23.4. The van der Waals surface area contributed by atoms with E-state index in [9.17, 15) is 40.3 Å². The first-order chi connectivity index (χ1) is 31.0. The molecule has 0 bridgehead atoms. The number of ketones is 2. The minimum absolute atomic E-state index is 0. The summed E-state index contributed by atoms with van der Waals surface area (Å²) >= 11 is 23.0. The maximum absolute atomic E-state index is 13.8. The fourth-order valence-electron chi connectivity index (χ4n) is 7.02. The van der Waals surface area contributed by atoms with Crippen molar-refractivity contribution in [2.45, 2.75) is 166 Å². The lowest BCUT2D eigenvalue weighted by Gasteiger charge is -2.23. The maximum Gasteiger partial charge on any atom is 0.264 e. The maximum atomic E-state index is 13.8. The van der Waals surface area contributed by atoms with Gasteiger partial charge in [-0.1, -0.05) is 164 Å². The molecule has 0 unspecified atom stereocenters. The fraction of sp³-hybridized carbons (Fsp3) is 0.439. The van der Waals surface area contributed by atoms with Crippen molar-refractivity contribution in [1.29, 1.82) is 0 Å². The highest BCUT2D eigenvalue weighted by Gasteiger charge is 2.28. The van der Waals surface area contributed by atoms with Crippen molar-refractivity contribution >= 4 is 58.0 Å². The van der Waals surface area contributed by atoms with Crippen LogP contribution < -0.4 is 0 Å². The minimum Gasteiger partial charge on any atom is -0.295 e. The molecule has 5 aromatic rings. The Morgan fingerprint density at radius 2 is 0.800 bits per heavy atom. The van der Waals surface area contributed by atoms with Crippen LogP contribution >= 0.6 is 46.4 Å². The van der Waals surface area contributed by atoms with Crippen LogP contribution in [0, 0.1) is 36.0 Å². The number of carbonyl (C=O) groups excluding carboxylic acids is 2. The summed E-state index contributed by atoms with van der Waals surface area (Å²) in [6.45, 7) is 32.8. The Morgan fingerprint density at radius 3 is 1.16 bits per heavy atom. The lowest BCUT2D eigenvalue weighted by molar-refractivity contribution is 0.100. The Balaban J connectivity index is 0.000000848. The van der Waals surface area contributed by atoms with E-state index in [1.165, 1.54) is 49.4 Å². The Labute approximate surface area is 433 Å². The standard InChI is InChI=1S/C12H14ClFO.C12H15ClO.C11H13ClF2.C11H14F2.C10H11ClF2.CH4/c1-7(15)8-5-6-9(13)11(14)10(8)12(2,3)4;1-8(14)10-6-5-9(13)7-11(10)12(2,3)4;1-11(2,3)9-6-7(12)4-5-8(9)10(13)14;1-7-5-8(12)10(9(13)6-7)11(2,3)4;1-10(2,3)8-7(12)5-4-6(11)9(8)13;/h5-6H,1-4H3;5-7H,1-4H3;4-6,10H,1-3H3;5-6H,1-4H3;4-5H,1-3H3;1H4. The first kappa shape index (κ1) is 66.1. The first-order valence-corrected chi connectivity index (χ1v) is 23.5. The van der Waals surface area contributed by atoms with E-state index in [1.807, 2.05) is 47.6 Å². The summed E-state index contributed by atoms with van der Waals surface area (Å²) in [5.74, 6) is -2.66. The van der Waals surface area contributed by atoms with Crippen molar-refractivity contribution in [3.05, 3.63) is 172 Å². The third-order valence-electron chi connectivity index (χ3n) is 10.2. The zero-order valence-electron chi connectivity index (χ0n) is 43.0. The summed E-state index contributed by atoms with van der Waals surface area (Å²) in [6.07, 6.45) is -2.44. The van der Waals surface area contributed by atoms with E-state index < -0.39 is 51.8 Å². The molecule has 388 valence electrons. The first-order valence-electron chi connectivity index (χ1n) is 22.0. The van der Waals surface area contributed by atoms with E-state index in [2.05, 4.69) is 20.8 Å². The summed E-state index contributed by atoms with van der Waals surface area (Å²) in [5.41, 5.74) is 2.23. The Kier molecular flexibility index (Phi) is 24.7. The number of hydrogen-bond acceptors (Lipinski definition) is 2. The molecule has 0 saturated carbocycles. The molecule has 0 radical (unpaired) electrons. The summed E-state index contributed by atoms with van der Waals surface area (Å²) in [5, 5.41) is 1.20. The SMILES string of the molecule is C.CC(=O)c1ccc(Cl)c(F)c1C(C)(C)C.CC(=O)c1ccc(Cl)cc1C(C)(C)C.CC(C)(C)c1c(F)ccc(Cl)c1F.CC(C)(C)c1cc(Cl)ccc1C(F)F.Cc1cc(F)c(C(C)(C)C)c(F)c1. The topological polar surface area (TPSA) is 34.1 Å². The van der Waals surface area contributed by atoms with E-state index in [4.69, 9.17) is 46.4 Å². The Hall–Kier alpha value is -3.89. The predicted octanol–water partition coefficient (Wildman–Crippen LogP) is 20.5. The van der Waals surface area contributed by atoms with Gasteiger partial charge in [-0.15, -0.1) is 0 Å². The molecule has 5 rings (SSSR count). The van der Waals surface area contributed by atoms with Gasteiger partial charge in [-0.25, -0.2) is 30.7 Å². The van der Waals surface area contributed by atoms with E-state index in [1.54, 1.807) is 79.7 Å². The van der Waals surface area contributed by atoms with Crippen LogP contribution in [-0.2, 0) is 27.1 Å². The van der Waals surface area contributed by atoms with Crippen LogP contribution in [-0.4, -0.2) is 11.6 Å². The van der Waals surface area contributed by atoms with Gasteiger partial charge in [0, 0.05) is 43.4 Å². The minimum atomic E-state index is -2.44. The molecule has 0 saturated heterocycles. The molecule has 5 aromatic carbocycles. The van der Waals surface area contributed by atoms with Gasteiger partial charge in [0.05, 0.1) is 10.0 Å². The van der Waals surface area contributed by atoms with Crippen molar-refractivity contribution in [2.24, 2.45) is 0 Å². The van der Waals surface area contributed by atoms with Crippen LogP contribution in [0.25, 0.3) is 0 Å². The Bertz CT molecular complexity index is 2550. The summed E-state index contributed by atoms with van der Waals surface area (Å²) in [6, 6.07) is 18.1. The van der Waals surface area contributed by atoms with E-state index in [0.29, 0.717) is 32.3 Å². The number of aryl methyl sites for hydroxylation is 1. The summed E-state index contributed by atoms with van der Waals surface area (Å²) in [4.78, 5) is 22.7. The molecule has 0 aliphatic rings. The van der Waals surface area contributed by atoms with Crippen molar-refractivity contribution < 1.29 is 40.3 Å². The van der Waals surface area contributed by atoms with Gasteiger partial charge in [-0.3, -0.25) is 9.59 Å². The largest absolute Gasteiger partial charge is 0.295 e. The molecule has 0 heterocycles. The van der Waals surface area contributed by atoms with E-state index in [0.717, 1.165) is 11.1 Å². The molecule has 70 heavy (non-hydrogen) atoms. The smallest absolute Gasteiger partial charge is 0.264 e. The van der Waals surface area contributed by atoms with Crippen LogP contribution in [0.15, 0.2) is 72.8 Å². The molecule has 0 aliphatic carbocycles. The highest BCUT2D eigenvalue weighted by Crippen LogP contribution is 2.36. The molecule has 0 aliphatic heterocycles. The number of rotatable bonds is 3. The van der Waals surface area contributed by atoms with Crippen molar-refractivity contribution in [2.75, 3.05) is 0 Å². The molecular formula is C57H71Cl4F7O2. The number of halogens is 11. The predicted molar refractivity (Wildman–Crippen MR) is 282 cm³/mol. The van der Waals surface area contributed by atoms with E-state index >= 15 is 0 Å². The summed E-state index contributed by atoms with van der Waals surface area (Å²) in [7, 11) is 0. The number of benzene rings is 5. The molecule has 0 N–H and O–H groups in total. The third kappa shape index (κ3) is 19.6. The quantitative estimate of drug-likeness (QED) is 0.103. The average molecular weight is 1060 g/mol. The molecule has 0 fully saturated rings. The second-order valence-electron chi connectivity index (χ2n) is 21.7. The van der Waals surface area contributed by atoms with Crippen LogP contribution in [0.5, 0.6) is 0 Å². The second kappa shape index (κ2) is 26.2. The summed E-state index contributed by atoms with van der Waals surface area (Å²) < 4.78 is 92.5. The van der Waals surface area contributed by atoms with Gasteiger partial charge in [0.2, 0.25) is 0 Å². The number of carbonyl (C=O) groups is 2. The molecule has 13 heteroatoms. The molecule has 0 atom stereocenters. The highest BCUT2D eigenvalue weighted by atomic mass is 35.5. The fourth-order valence-corrected chi connectivity index (χ4v) is 7.68.